The Kier molecular flexibility index (Phi) is 4.72. The molecule has 0 saturated heterocycles. The third kappa shape index (κ3) is 5.65. The molecule has 9 heteroatoms. The van der Waals surface area contributed by atoms with Gasteiger partial charge in [0.1, 0.15) is 6.04 Å². The van der Waals surface area contributed by atoms with Crippen LogP contribution >= 0.6 is 7.82 Å². The minimum atomic E-state index is -4.91. The summed E-state index contributed by atoms with van der Waals surface area (Å²) in [5, 5.41) is 10.6. The van der Waals surface area contributed by atoms with Gasteiger partial charge >= 0.3 is 19.8 Å². The average molecular weight is 227 g/mol. The van der Waals surface area contributed by atoms with Crippen LogP contribution in [0.1, 0.15) is 6.42 Å². The molecule has 0 aliphatic carbocycles. The Morgan fingerprint density at radius 3 is 2.29 bits per heavy atom. The number of likely N-dealkylation sites (N-methyl/N-ethyl adjacent to an activating group) is 1. The zero-order chi connectivity index (χ0) is 11.4. The van der Waals surface area contributed by atoms with Gasteiger partial charge in [0, 0.05) is 0 Å². The first-order valence-corrected chi connectivity index (χ1v) is 4.97. The second-order valence-electron chi connectivity index (χ2n) is 2.34. The van der Waals surface area contributed by atoms with Gasteiger partial charge in [-0.25, -0.2) is 9.36 Å². The number of phosphoric acid groups is 1. The van der Waals surface area contributed by atoms with E-state index in [-0.39, 0.29) is 0 Å². The van der Waals surface area contributed by atoms with Crippen molar-refractivity contribution in [1.29, 1.82) is 0 Å². The molecule has 0 spiro atoms. The first kappa shape index (κ1) is 13.1. The van der Waals surface area contributed by atoms with E-state index < -0.39 is 32.2 Å². The molecule has 82 valence electrons. The molecule has 0 rings (SSSR count). The van der Waals surface area contributed by atoms with Crippen molar-refractivity contribution in [3.63, 3.8) is 0 Å². The second kappa shape index (κ2) is 5.06. The van der Waals surface area contributed by atoms with Crippen molar-refractivity contribution in [3.8, 4) is 0 Å². The fraction of sp³-hybridized carbons (Fsp3) is 0.600. The minimum absolute atomic E-state index is 0.616. The van der Waals surface area contributed by atoms with Crippen LogP contribution in [0.25, 0.3) is 0 Å². The van der Waals surface area contributed by atoms with Crippen molar-refractivity contribution < 1.29 is 33.6 Å². The molecule has 14 heavy (non-hydrogen) atoms. The molecule has 0 heterocycles. The maximum absolute atomic E-state index is 10.9. The SMILES string of the molecule is CN[C@@H](CC(=O)O)C(=O)OP(=O)(O)O. The molecule has 4 N–H and O–H groups in total. The normalized spacial score (nSPS) is 13.4. The molecular formula is C5H10NO7P. The molecule has 1 atom stereocenters. The Labute approximate surface area is 79.1 Å². The first-order chi connectivity index (χ1) is 6.26. The number of aliphatic carboxylic acids is 1. The molecular weight excluding hydrogens is 217 g/mol. The lowest BCUT2D eigenvalue weighted by Gasteiger charge is -2.12. The Morgan fingerprint density at radius 2 is 2.00 bits per heavy atom. The predicted molar refractivity (Wildman–Crippen MR) is 43.2 cm³/mol. The molecule has 0 aliphatic rings. The van der Waals surface area contributed by atoms with E-state index in [4.69, 9.17) is 14.9 Å². The summed E-state index contributed by atoms with van der Waals surface area (Å²) in [6.45, 7) is 0. The van der Waals surface area contributed by atoms with Crippen LogP contribution in [0.3, 0.4) is 0 Å². The average Bonchev–Trinajstić information content (AvgIpc) is 1.96. The highest BCUT2D eigenvalue weighted by Gasteiger charge is 2.28. The lowest BCUT2D eigenvalue weighted by Crippen LogP contribution is -2.37. The molecule has 0 aromatic rings. The maximum Gasteiger partial charge on any atom is 0.527 e. The summed E-state index contributed by atoms with van der Waals surface area (Å²) in [5.41, 5.74) is 0. The van der Waals surface area contributed by atoms with Gasteiger partial charge in [0.25, 0.3) is 0 Å². The van der Waals surface area contributed by atoms with Crippen LogP contribution in [-0.2, 0) is 18.7 Å². The zero-order valence-electron chi connectivity index (χ0n) is 7.21. The van der Waals surface area contributed by atoms with Crippen LogP contribution < -0.4 is 5.32 Å². The molecule has 8 nitrogen and oxygen atoms in total. The largest absolute Gasteiger partial charge is 0.527 e. The van der Waals surface area contributed by atoms with Crippen LogP contribution in [0.15, 0.2) is 0 Å². The Bertz CT molecular complexity index is 271. The van der Waals surface area contributed by atoms with Crippen molar-refractivity contribution in [3.05, 3.63) is 0 Å². The number of carbonyl (C=O) groups excluding carboxylic acids is 1. The number of hydrogen-bond acceptors (Lipinski definition) is 5. The van der Waals surface area contributed by atoms with E-state index in [0.717, 1.165) is 0 Å². The molecule has 0 aliphatic heterocycles. The molecule has 0 saturated carbocycles. The van der Waals surface area contributed by atoms with Crippen molar-refractivity contribution >= 4 is 19.8 Å². The number of hydrogen-bond donors (Lipinski definition) is 4. The van der Waals surface area contributed by atoms with Crippen molar-refractivity contribution in [1.82, 2.24) is 5.32 Å². The van der Waals surface area contributed by atoms with E-state index in [9.17, 15) is 14.2 Å². The van der Waals surface area contributed by atoms with Gasteiger partial charge in [-0.05, 0) is 7.05 Å². The number of rotatable bonds is 5. The summed E-state index contributed by atoms with van der Waals surface area (Å²) in [6.07, 6.45) is -0.616. The van der Waals surface area contributed by atoms with Crippen LogP contribution in [-0.4, -0.2) is 39.9 Å². The molecule has 0 bridgehead atoms. The number of carboxylic acid groups (broad SMARTS) is 1. The van der Waals surface area contributed by atoms with E-state index in [1.165, 1.54) is 7.05 Å². The molecule has 0 radical (unpaired) electrons. The highest BCUT2D eigenvalue weighted by atomic mass is 31.2. The van der Waals surface area contributed by atoms with Crippen molar-refractivity contribution in [2.45, 2.75) is 12.5 Å². The van der Waals surface area contributed by atoms with Gasteiger partial charge in [-0.15, -0.1) is 0 Å². The molecule has 0 aromatic heterocycles. The predicted octanol–water partition coefficient (Wildman–Crippen LogP) is -1.31. The smallest absolute Gasteiger partial charge is 0.481 e. The van der Waals surface area contributed by atoms with Gasteiger partial charge in [-0.2, -0.15) is 0 Å². The van der Waals surface area contributed by atoms with E-state index in [0.29, 0.717) is 0 Å². The molecule has 0 fully saturated rings. The van der Waals surface area contributed by atoms with Gasteiger partial charge < -0.3 is 14.9 Å². The molecule has 0 aromatic carbocycles. The van der Waals surface area contributed by atoms with E-state index >= 15 is 0 Å². The second-order valence-corrected chi connectivity index (χ2v) is 3.50. The zero-order valence-corrected chi connectivity index (χ0v) is 8.10. The summed E-state index contributed by atoms with van der Waals surface area (Å²) in [4.78, 5) is 37.6. The van der Waals surface area contributed by atoms with Crippen LogP contribution in [0.4, 0.5) is 0 Å². The van der Waals surface area contributed by atoms with Crippen LogP contribution in [0.5, 0.6) is 0 Å². The first-order valence-electron chi connectivity index (χ1n) is 3.44. The fourth-order valence-corrected chi connectivity index (χ4v) is 1.02. The van der Waals surface area contributed by atoms with Gasteiger partial charge in [0.2, 0.25) is 0 Å². The number of nitrogens with one attached hydrogen (secondary N) is 1. The van der Waals surface area contributed by atoms with Crippen LogP contribution in [0, 0.1) is 0 Å². The Balaban J connectivity index is 4.33. The van der Waals surface area contributed by atoms with E-state index in [1.54, 1.807) is 0 Å². The van der Waals surface area contributed by atoms with Gasteiger partial charge in [0.05, 0.1) is 6.42 Å². The quantitative estimate of drug-likeness (QED) is 0.425. The van der Waals surface area contributed by atoms with E-state index in [1.807, 2.05) is 0 Å². The summed E-state index contributed by atoms with van der Waals surface area (Å²) in [5.74, 6) is -2.59. The van der Waals surface area contributed by atoms with Crippen molar-refractivity contribution in [2.24, 2.45) is 0 Å². The Hall–Kier alpha value is -0.950. The summed E-state index contributed by atoms with van der Waals surface area (Å²) < 4.78 is 13.9. The third-order valence-electron chi connectivity index (χ3n) is 1.22. The lowest BCUT2D eigenvalue weighted by molar-refractivity contribution is -0.145. The van der Waals surface area contributed by atoms with E-state index in [2.05, 4.69) is 9.84 Å². The standard InChI is InChI=1S/C5H10NO7P/c1-6-3(2-4(7)8)5(9)13-14(10,11)12/h3,6H,2H2,1H3,(H,7,8)(H2,10,11,12)/t3-/m0/s1. The highest BCUT2D eigenvalue weighted by molar-refractivity contribution is 7.46. The molecule has 0 amide bonds. The third-order valence-corrected chi connectivity index (χ3v) is 1.64. The molecule has 0 unspecified atom stereocenters. The number of carboxylic acids is 1. The maximum atomic E-state index is 10.9. The summed E-state index contributed by atoms with van der Waals surface area (Å²) in [7, 11) is -3.64. The number of phosphoric ester groups is 1. The Morgan fingerprint density at radius 1 is 1.50 bits per heavy atom. The highest BCUT2D eigenvalue weighted by Crippen LogP contribution is 2.36. The lowest BCUT2D eigenvalue weighted by atomic mass is 10.2. The van der Waals surface area contributed by atoms with Gasteiger partial charge in [0.15, 0.2) is 0 Å². The van der Waals surface area contributed by atoms with Crippen molar-refractivity contribution in [2.75, 3.05) is 7.05 Å². The topological polar surface area (TPSA) is 133 Å². The summed E-state index contributed by atoms with van der Waals surface area (Å²) >= 11 is 0. The monoisotopic (exact) mass is 227 g/mol. The number of carbonyl (C=O) groups is 2. The van der Waals surface area contributed by atoms with Gasteiger partial charge in [-0.3, -0.25) is 14.6 Å². The van der Waals surface area contributed by atoms with Gasteiger partial charge in [-0.1, -0.05) is 0 Å². The van der Waals surface area contributed by atoms with Crippen LogP contribution in [0.2, 0.25) is 0 Å². The summed E-state index contributed by atoms with van der Waals surface area (Å²) in [6, 6.07) is -1.28. The minimum Gasteiger partial charge on any atom is -0.481 e. The fourth-order valence-electron chi connectivity index (χ4n) is 0.659.